The largest absolute Gasteiger partial charge is 0.392 e. The number of hydrogen-bond acceptors (Lipinski definition) is 4. The molecule has 1 atom stereocenters. The summed E-state index contributed by atoms with van der Waals surface area (Å²) in [5.74, 6) is 0. The monoisotopic (exact) mass is 339 g/mol. The van der Waals surface area contributed by atoms with Gasteiger partial charge in [0.15, 0.2) is 0 Å². The van der Waals surface area contributed by atoms with Crippen molar-refractivity contribution < 1.29 is 18.3 Å². The molecule has 0 spiro atoms. The molecule has 0 radical (unpaired) electrons. The zero-order valence-corrected chi connectivity index (χ0v) is 13.2. The highest BCUT2D eigenvalue weighted by Gasteiger charge is 2.34. The summed E-state index contributed by atoms with van der Waals surface area (Å²) in [5.41, 5.74) is 0.292. The van der Waals surface area contributed by atoms with Crippen molar-refractivity contribution in [1.29, 1.82) is 0 Å². The van der Waals surface area contributed by atoms with Crippen LogP contribution in [0.4, 0.5) is 0 Å². The van der Waals surface area contributed by atoms with Gasteiger partial charge in [-0.25, -0.2) is 8.42 Å². The molecule has 1 N–H and O–H groups in total. The van der Waals surface area contributed by atoms with Gasteiger partial charge in [0, 0.05) is 25.2 Å². The molecule has 0 aromatic heterocycles. The molecule has 1 saturated heterocycles. The van der Waals surface area contributed by atoms with Crippen LogP contribution in [0.2, 0.25) is 10.0 Å². The fourth-order valence-corrected chi connectivity index (χ4v) is 4.56. The lowest BCUT2D eigenvalue weighted by Gasteiger charge is -2.18. The summed E-state index contributed by atoms with van der Waals surface area (Å²) in [6, 6.07) is 2.75. The molecule has 1 heterocycles. The Morgan fingerprint density at radius 3 is 2.70 bits per heavy atom. The molecule has 2 rings (SSSR count). The third-order valence-corrected chi connectivity index (χ3v) is 5.97. The Bertz CT molecular complexity index is 606. The number of rotatable bonds is 4. The third-order valence-electron chi connectivity index (χ3n) is 3.31. The summed E-state index contributed by atoms with van der Waals surface area (Å²) in [5, 5.41) is 9.44. The Labute approximate surface area is 128 Å². The average Bonchev–Trinajstić information content (AvgIpc) is 2.90. The van der Waals surface area contributed by atoms with Gasteiger partial charge in [0.1, 0.15) is 4.90 Å². The Morgan fingerprint density at radius 1 is 1.45 bits per heavy atom. The van der Waals surface area contributed by atoms with Crippen molar-refractivity contribution in [2.24, 2.45) is 0 Å². The maximum absolute atomic E-state index is 12.6. The van der Waals surface area contributed by atoms with E-state index in [-0.39, 0.29) is 34.2 Å². The van der Waals surface area contributed by atoms with Gasteiger partial charge in [-0.2, -0.15) is 4.31 Å². The maximum Gasteiger partial charge on any atom is 0.244 e. The standard InChI is InChI=1S/C12H15Cl2NO4S/c1-19-10-2-3-15(6-10)20(17,18)11-5-9(13)4-8(7-16)12(11)14/h4-5,10,16H,2-3,6-7H2,1H3. The predicted molar refractivity (Wildman–Crippen MR) is 76.6 cm³/mol. The first kappa shape index (κ1) is 16.0. The highest BCUT2D eigenvalue weighted by molar-refractivity contribution is 7.89. The molecule has 0 saturated carbocycles. The molecule has 5 nitrogen and oxygen atoms in total. The van der Waals surface area contributed by atoms with E-state index in [2.05, 4.69) is 0 Å². The van der Waals surface area contributed by atoms with E-state index in [4.69, 9.17) is 27.9 Å². The number of methoxy groups -OCH3 is 1. The molecule has 20 heavy (non-hydrogen) atoms. The minimum absolute atomic E-state index is 0.0118. The van der Waals surface area contributed by atoms with E-state index in [0.29, 0.717) is 18.5 Å². The van der Waals surface area contributed by atoms with Crippen molar-refractivity contribution in [2.45, 2.75) is 24.0 Å². The second-order valence-electron chi connectivity index (χ2n) is 4.54. The van der Waals surface area contributed by atoms with E-state index in [0.717, 1.165) is 0 Å². The zero-order valence-electron chi connectivity index (χ0n) is 10.8. The molecule has 1 aromatic carbocycles. The first-order valence-electron chi connectivity index (χ1n) is 6.02. The van der Waals surface area contributed by atoms with Gasteiger partial charge in [0.25, 0.3) is 0 Å². The predicted octanol–water partition coefficient (Wildman–Crippen LogP) is 1.90. The number of nitrogens with zero attached hydrogens (tertiary/aromatic N) is 1. The van der Waals surface area contributed by atoms with Gasteiger partial charge in [0.2, 0.25) is 10.0 Å². The summed E-state index contributed by atoms with van der Waals surface area (Å²) in [6.45, 7) is 0.289. The smallest absolute Gasteiger partial charge is 0.244 e. The Kier molecular flexibility index (Phi) is 4.94. The van der Waals surface area contributed by atoms with E-state index in [1.807, 2.05) is 0 Å². The second kappa shape index (κ2) is 6.17. The molecule has 1 aliphatic heterocycles. The third kappa shape index (κ3) is 2.95. The molecular formula is C12H15Cl2NO4S. The topological polar surface area (TPSA) is 66.8 Å². The molecule has 0 bridgehead atoms. The number of hydrogen-bond donors (Lipinski definition) is 1. The van der Waals surface area contributed by atoms with Gasteiger partial charge in [-0.3, -0.25) is 0 Å². The minimum Gasteiger partial charge on any atom is -0.392 e. The minimum atomic E-state index is -3.74. The SMILES string of the molecule is COC1CCN(S(=O)(=O)c2cc(Cl)cc(CO)c2Cl)C1. The fraction of sp³-hybridized carbons (Fsp3) is 0.500. The number of aliphatic hydroxyl groups is 1. The molecule has 0 aliphatic carbocycles. The summed E-state index contributed by atoms with van der Waals surface area (Å²) in [6.07, 6.45) is 0.529. The molecule has 112 valence electrons. The van der Waals surface area contributed by atoms with Gasteiger partial charge in [-0.05, 0) is 24.1 Å². The second-order valence-corrected chi connectivity index (χ2v) is 7.27. The first-order valence-corrected chi connectivity index (χ1v) is 8.21. The Balaban J connectivity index is 2.42. The zero-order chi connectivity index (χ0) is 14.9. The van der Waals surface area contributed by atoms with E-state index in [9.17, 15) is 13.5 Å². The van der Waals surface area contributed by atoms with Crippen LogP contribution in [0, 0.1) is 0 Å². The molecule has 1 aromatic rings. The van der Waals surface area contributed by atoms with Gasteiger partial charge >= 0.3 is 0 Å². The maximum atomic E-state index is 12.6. The van der Waals surface area contributed by atoms with Crippen molar-refractivity contribution in [3.63, 3.8) is 0 Å². The van der Waals surface area contributed by atoms with Crippen molar-refractivity contribution in [1.82, 2.24) is 4.31 Å². The Hall–Kier alpha value is -0.370. The highest BCUT2D eigenvalue weighted by atomic mass is 35.5. The molecule has 1 aliphatic rings. The van der Waals surface area contributed by atoms with Gasteiger partial charge in [-0.15, -0.1) is 0 Å². The van der Waals surface area contributed by atoms with Crippen LogP contribution in [0.1, 0.15) is 12.0 Å². The number of sulfonamides is 1. The first-order chi connectivity index (χ1) is 9.40. The lowest BCUT2D eigenvalue weighted by atomic mass is 10.2. The van der Waals surface area contributed by atoms with Crippen molar-refractivity contribution in [3.05, 3.63) is 27.7 Å². The van der Waals surface area contributed by atoms with Crippen molar-refractivity contribution in [2.75, 3.05) is 20.2 Å². The van der Waals surface area contributed by atoms with Crippen molar-refractivity contribution in [3.8, 4) is 0 Å². The van der Waals surface area contributed by atoms with E-state index in [1.54, 1.807) is 7.11 Å². The number of halogens is 2. The average molecular weight is 340 g/mol. The summed E-state index contributed by atoms with van der Waals surface area (Å²) in [4.78, 5) is -0.0764. The van der Waals surface area contributed by atoms with Crippen LogP contribution in [0.5, 0.6) is 0 Å². The lowest BCUT2D eigenvalue weighted by Crippen LogP contribution is -2.30. The van der Waals surface area contributed by atoms with E-state index >= 15 is 0 Å². The van der Waals surface area contributed by atoms with Crippen LogP contribution in [-0.2, 0) is 21.4 Å². The van der Waals surface area contributed by atoms with Crippen LogP contribution >= 0.6 is 23.2 Å². The number of benzene rings is 1. The molecule has 1 fully saturated rings. The lowest BCUT2D eigenvalue weighted by molar-refractivity contribution is 0.115. The van der Waals surface area contributed by atoms with Crippen LogP contribution in [0.3, 0.4) is 0 Å². The molecular weight excluding hydrogens is 325 g/mol. The van der Waals surface area contributed by atoms with E-state index < -0.39 is 10.0 Å². The quantitative estimate of drug-likeness (QED) is 0.909. The number of ether oxygens (including phenoxy) is 1. The van der Waals surface area contributed by atoms with Crippen LogP contribution < -0.4 is 0 Å². The van der Waals surface area contributed by atoms with Gasteiger partial charge < -0.3 is 9.84 Å². The van der Waals surface area contributed by atoms with Crippen LogP contribution in [0.15, 0.2) is 17.0 Å². The normalized spacial score (nSPS) is 20.5. The van der Waals surface area contributed by atoms with Crippen LogP contribution in [0.25, 0.3) is 0 Å². The van der Waals surface area contributed by atoms with Gasteiger partial charge in [-0.1, -0.05) is 23.2 Å². The van der Waals surface area contributed by atoms with Crippen molar-refractivity contribution >= 4 is 33.2 Å². The molecule has 1 unspecified atom stereocenters. The van der Waals surface area contributed by atoms with E-state index in [1.165, 1.54) is 16.4 Å². The summed E-state index contributed by atoms with van der Waals surface area (Å²) in [7, 11) is -2.19. The highest BCUT2D eigenvalue weighted by Crippen LogP contribution is 2.33. The summed E-state index contributed by atoms with van der Waals surface area (Å²) >= 11 is 12.0. The summed E-state index contributed by atoms with van der Waals surface area (Å²) < 4.78 is 31.7. The molecule has 0 amide bonds. The Morgan fingerprint density at radius 2 is 2.15 bits per heavy atom. The number of aliphatic hydroxyl groups excluding tert-OH is 1. The van der Waals surface area contributed by atoms with Crippen LogP contribution in [-0.4, -0.2) is 44.1 Å². The van der Waals surface area contributed by atoms with Gasteiger partial charge in [0.05, 0.1) is 17.7 Å². The fourth-order valence-electron chi connectivity index (χ4n) is 2.17. The molecule has 8 heteroatoms.